The molecule has 0 aliphatic carbocycles. The van der Waals surface area contributed by atoms with E-state index in [0.717, 1.165) is 0 Å². The Morgan fingerprint density at radius 2 is 2.16 bits per heavy atom. The van der Waals surface area contributed by atoms with Crippen LogP contribution in [0.3, 0.4) is 0 Å². The molecule has 0 radical (unpaired) electrons. The van der Waals surface area contributed by atoms with Gasteiger partial charge in [-0.15, -0.1) is 0 Å². The van der Waals surface area contributed by atoms with E-state index in [1.165, 1.54) is 12.3 Å². The van der Waals surface area contributed by atoms with E-state index >= 15 is 0 Å². The average molecular weight is 261 g/mol. The number of aromatic hydroxyl groups is 1. The molecule has 1 amide bonds. The highest BCUT2D eigenvalue weighted by Crippen LogP contribution is 2.22. The lowest BCUT2D eigenvalue weighted by atomic mass is 10.1. The summed E-state index contributed by atoms with van der Waals surface area (Å²) < 4.78 is 5.14. The third kappa shape index (κ3) is 2.77. The summed E-state index contributed by atoms with van der Waals surface area (Å²) in [7, 11) is 0. The maximum atomic E-state index is 12.1. The SMILES string of the molecule is Cc1cccc(C(=O)NC(CO)c2ccco2)c1O. The van der Waals surface area contributed by atoms with Crippen molar-refractivity contribution in [2.24, 2.45) is 0 Å². The van der Waals surface area contributed by atoms with Crippen LogP contribution in [-0.4, -0.2) is 22.7 Å². The maximum absolute atomic E-state index is 12.1. The Morgan fingerprint density at radius 1 is 1.37 bits per heavy atom. The van der Waals surface area contributed by atoms with Gasteiger partial charge >= 0.3 is 0 Å². The molecule has 100 valence electrons. The number of nitrogens with one attached hydrogen (secondary N) is 1. The number of carbonyl (C=O) groups excluding carboxylic acids is 1. The number of hydrogen-bond donors (Lipinski definition) is 3. The van der Waals surface area contributed by atoms with Gasteiger partial charge in [0.05, 0.1) is 18.4 Å². The Balaban J connectivity index is 2.18. The number of benzene rings is 1. The first-order valence-corrected chi connectivity index (χ1v) is 5.87. The van der Waals surface area contributed by atoms with E-state index in [9.17, 15) is 15.0 Å². The zero-order valence-electron chi connectivity index (χ0n) is 10.5. The highest BCUT2D eigenvalue weighted by molar-refractivity contribution is 5.97. The number of aliphatic hydroxyl groups is 1. The summed E-state index contributed by atoms with van der Waals surface area (Å²) >= 11 is 0. The van der Waals surface area contributed by atoms with Crippen LogP contribution in [0, 0.1) is 6.92 Å². The summed E-state index contributed by atoms with van der Waals surface area (Å²) in [5.74, 6) is -0.0595. The Kier molecular flexibility index (Phi) is 3.87. The van der Waals surface area contributed by atoms with Crippen LogP contribution in [0.2, 0.25) is 0 Å². The van der Waals surface area contributed by atoms with E-state index in [1.807, 2.05) is 0 Å². The van der Waals surface area contributed by atoms with Gasteiger partial charge in [0.1, 0.15) is 17.6 Å². The van der Waals surface area contributed by atoms with E-state index in [-0.39, 0.29) is 17.9 Å². The fourth-order valence-corrected chi connectivity index (χ4v) is 1.77. The summed E-state index contributed by atoms with van der Waals surface area (Å²) in [5, 5.41) is 21.7. The number of phenols is 1. The first kappa shape index (κ1) is 13.2. The number of para-hydroxylation sites is 1. The smallest absolute Gasteiger partial charge is 0.255 e. The highest BCUT2D eigenvalue weighted by Gasteiger charge is 2.19. The van der Waals surface area contributed by atoms with E-state index in [1.54, 1.807) is 31.2 Å². The first-order valence-electron chi connectivity index (χ1n) is 5.87. The van der Waals surface area contributed by atoms with Gasteiger partial charge in [-0.25, -0.2) is 0 Å². The van der Waals surface area contributed by atoms with Crippen LogP contribution in [0.1, 0.15) is 27.7 Å². The second kappa shape index (κ2) is 5.58. The van der Waals surface area contributed by atoms with Crippen molar-refractivity contribution in [3.05, 3.63) is 53.5 Å². The van der Waals surface area contributed by atoms with Gasteiger partial charge in [0.15, 0.2) is 0 Å². The van der Waals surface area contributed by atoms with Crippen molar-refractivity contribution in [2.75, 3.05) is 6.61 Å². The Bertz CT molecular complexity index is 563. The number of amides is 1. The molecular weight excluding hydrogens is 246 g/mol. The molecule has 19 heavy (non-hydrogen) atoms. The van der Waals surface area contributed by atoms with Crippen LogP contribution in [-0.2, 0) is 0 Å². The number of aryl methyl sites for hydroxylation is 1. The first-order chi connectivity index (χ1) is 9.13. The predicted molar refractivity (Wildman–Crippen MR) is 68.8 cm³/mol. The van der Waals surface area contributed by atoms with E-state index in [0.29, 0.717) is 11.3 Å². The lowest BCUT2D eigenvalue weighted by Crippen LogP contribution is -2.30. The van der Waals surface area contributed by atoms with Crippen molar-refractivity contribution in [1.29, 1.82) is 0 Å². The molecule has 0 aliphatic rings. The third-order valence-electron chi connectivity index (χ3n) is 2.86. The summed E-state index contributed by atoms with van der Waals surface area (Å²) in [6, 6.07) is 7.62. The van der Waals surface area contributed by atoms with Gasteiger partial charge in [0.2, 0.25) is 0 Å². The highest BCUT2D eigenvalue weighted by atomic mass is 16.3. The second-order valence-corrected chi connectivity index (χ2v) is 4.20. The molecule has 1 unspecified atom stereocenters. The van der Waals surface area contributed by atoms with Crippen molar-refractivity contribution in [3.63, 3.8) is 0 Å². The molecule has 5 heteroatoms. The molecule has 3 N–H and O–H groups in total. The predicted octanol–water partition coefficient (Wildman–Crippen LogP) is 1.76. The number of aliphatic hydroxyl groups excluding tert-OH is 1. The second-order valence-electron chi connectivity index (χ2n) is 4.20. The van der Waals surface area contributed by atoms with E-state index in [4.69, 9.17) is 4.42 Å². The number of phenolic OH excluding ortho intramolecular Hbond substituents is 1. The summed E-state index contributed by atoms with van der Waals surface area (Å²) in [5.41, 5.74) is 0.788. The van der Waals surface area contributed by atoms with Crippen molar-refractivity contribution >= 4 is 5.91 Å². The molecule has 5 nitrogen and oxygen atoms in total. The molecular formula is C14H15NO4. The van der Waals surface area contributed by atoms with E-state index < -0.39 is 11.9 Å². The minimum absolute atomic E-state index is 0.0591. The van der Waals surface area contributed by atoms with Gasteiger partial charge in [-0.05, 0) is 30.7 Å². The van der Waals surface area contributed by atoms with Crippen molar-refractivity contribution in [2.45, 2.75) is 13.0 Å². The van der Waals surface area contributed by atoms with Gasteiger partial charge < -0.3 is 19.9 Å². The molecule has 0 fully saturated rings. The van der Waals surface area contributed by atoms with Crippen molar-refractivity contribution in [3.8, 4) is 5.75 Å². The van der Waals surface area contributed by atoms with Crippen LogP contribution in [0.15, 0.2) is 41.0 Å². The van der Waals surface area contributed by atoms with Gasteiger partial charge in [-0.1, -0.05) is 12.1 Å². The van der Waals surface area contributed by atoms with Gasteiger partial charge in [0.25, 0.3) is 5.91 Å². The molecule has 0 saturated heterocycles. The van der Waals surface area contributed by atoms with Crippen molar-refractivity contribution in [1.82, 2.24) is 5.32 Å². The standard InChI is InChI=1S/C14H15NO4/c1-9-4-2-5-10(13(9)17)14(18)15-11(8-16)12-6-3-7-19-12/h2-7,11,16-17H,8H2,1H3,(H,15,18). The van der Waals surface area contributed by atoms with Gasteiger partial charge in [0, 0.05) is 0 Å². The topological polar surface area (TPSA) is 82.7 Å². The lowest BCUT2D eigenvalue weighted by molar-refractivity contribution is 0.0904. The zero-order valence-corrected chi connectivity index (χ0v) is 10.5. The van der Waals surface area contributed by atoms with Crippen LogP contribution in [0.25, 0.3) is 0 Å². The minimum atomic E-state index is -0.637. The number of hydrogen-bond acceptors (Lipinski definition) is 4. The molecule has 2 rings (SSSR count). The van der Waals surface area contributed by atoms with Crippen LogP contribution in [0.4, 0.5) is 0 Å². The Hall–Kier alpha value is -2.27. The molecule has 0 spiro atoms. The zero-order chi connectivity index (χ0) is 13.8. The quantitative estimate of drug-likeness (QED) is 0.783. The average Bonchev–Trinajstić information content (AvgIpc) is 2.92. The Labute approximate surface area is 110 Å². The molecule has 1 aromatic heterocycles. The van der Waals surface area contributed by atoms with Gasteiger partial charge in [-0.3, -0.25) is 4.79 Å². The van der Waals surface area contributed by atoms with Crippen molar-refractivity contribution < 1.29 is 19.4 Å². The largest absolute Gasteiger partial charge is 0.507 e. The molecule has 0 saturated carbocycles. The molecule has 0 aliphatic heterocycles. The molecule has 1 atom stereocenters. The maximum Gasteiger partial charge on any atom is 0.255 e. The fraction of sp³-hybridized carbons (Fsp3) is 0.214. The van der Waals surface area contributed by atoms with Crippen LogP contribution >= 0.6 is 0 Å². The monoisotopic (exact) mass is 261 g/mol. The molecule has 2 aromatic rings. The van der Waals surface area contributed by atoms with Gasteiger partial charge in [-0.2, -0.15) is 0 Å². The number of carbonyl (C=O) groups is 1. The lowest BCUT2D eigenvalue weighted by Gasteiger charge is -2.15. The normalized spacial score (nSPS) is 12.1. The third-order valence-corrected chi connectivity index (χ3v) is 2.86. The minimum Gasteiger partial charge on any atom is -0.507 e. The van der Waals surface area contributed by atoms with E-state index in [2.05, 4.69) is 5.32 Å². The fourth-order valence-electron chi connectivity index (χ4n) is 1.77. The number of rotatable bonds is 4. The Morgan fingerprint density at radius 3 is 2.79 bits per heavy atom. The summed E-state index contributed by atoms with van der Waals surface area (Å²) in [4.78, 5) is 12.1. The summed E-state index contributed by atoms with van der Waals surface area (Å²) in [6.07, 6.45) is 1.47. The number of furan rings is 1. The molecule has 1 heterocycles. The van der Waals surface area contributed by atoms with Crippen LogP contribution in [0.5, 0.6) is 5.75 Å². The molecule has 0 bridgehead atoms. The van der Waals surface area contributed by atoms with Crippen LogP contribution < -0.4 is 5.32 Å². The molecule has 1 aromatic carbocycles. The summed E-state index contributed by atoms with van der Waals surface area (Å²) in [6.45, 7) is 1.42.